The Kier molecular flexibility index (Phi) is 5.79. The quantitative estimate of drug-likeness (QED) is 0.447. The summed E-state index contributed by atoms with van der Waals surface area (Å²) in [4.78, 5) is 24.2. The van der Waals surface area contributed by atoms with Gasteiger partial charge >= 0.3 is 11.9 Å². The van der Waals surface area contributed by atoms with Crippen molar-refractivity contribution in [3.8, 4) is 34.5 Å². The standard InChI is InChI=1S/C19H20O8/c1-19(2,9-17(24)26-15-5-11(20)3-12(21)6-15)10-18(25)27-16-7-13(22)4-14(23)8-16/h3-8,20-23H,9-10H2,1-2H3. The van der Waals surface area contributed by atoms with Crippen LogP contribution < -0.4 is 9.47 Å². The van der Waals surface area contributed by atoms with Crippen molar-refractivity contribution < 1.29 is 39.5 Å². The topological polar surface area (TPSA) is 134 Å². The number of benzene rings is 2. The molecule has 144 valence electrons. The summed E-state index contributed by atoms with van der Waals surface area (Å²) in [6.45, 7) is 3.32. The van der Waals surface area contributed by atoms with Crippen molar-refractivity contribution in [2.75, 3.05) is 0 Å². The molecule has 27 heavy (non-hydrogen) atoms. The van der Waals surface area contributed by atoms with E-state index in [1.165, 1.54) is 24.3 Å². The molecule has 0 aliphatic rings. The number of rotatable bonds is 6. The fourth-order valence-electron chi connectivity index (χ4n) is 2.43. The minimum atomic E-state index is -0.814. The largest absolute Gasteiger partial charge is 0.508 e. The first-order valence-electron chi connectivity index (χ1n) is 8.00. The van der Waals surface area contributed by atoms with Crippen LogP contribution in [0.2, 0.25) is 0 Å². The van der Waals surface area contributed by atoms with Crippen molar-refractivity contribution in [2.45, 2.75) is 26.7 Å². The van der Waals surface area contributed by atoms with Crippen LogP contribution in [0, 0.1) is 5.41 Å². The van der Waals surface area contributed by atoms with E-state index in [1.54, 1.807) is 13.8 Å². The maximum Gasteiger partial charge on any atom is 0.311 e. The molecule has 8 heteroatoms. The van der Waals surface area contributed by atoms with Gasteiger partial charge in [-0.2, -0.15) is 0 Å². The molecule has 0 aliphatic carbocycles. The molecule has 0 aromatic heterocycles. The van der Waals surface area contributed by atoms with Gasteiger partial charge in [-0.15, -0.1) is 0 Å². The van der Waals surface area contributed by atoms with Crippen molar-refractivity contribution in [3.63, 3.8) is 0 Å². The summed E-state index contributed by atoms with van der Waals surface area (Å²) in [5.41, 5.74) is -0.814. The van der Waals surface area contributed by atoms with Gasteiger partial charge in [-0.05, 0) is 5.41 Å². The predicted octanol–water partition coefficient (Wildman–Crippen LogP) is 2.83. The molecule has 0 fully saturated rings. The second-order valence-electron chi connectivity index (χ2n) is 6.84. The third-order valence-electron chi connectivity index (χ3n) is 3.46. The molecule has 2 aromatic rings. The Morgan fingerprint density at radius 2 is 1.00 bits per heavy atom. The second-order valence-corrected chi connectivity index (χ2v) is 6.84. The van der Waals surface area contributed by atoms with Crippen LogP contribution in [-0.2, 0) is 9.59 Å². The molecule has 4 N–H and O–H groups in total. The van der Waals surface area contributed by atoms with Gasteiger partial charge in [0.2, 0.25) is 0 Å². The number of hydrogen-bond donors (Lipinski definition) is 4. The molecule has 0 amide bonds. The molecule has 0 radical (unpaired) electrons. The highest BCUT2D eigenvalue weighted by atomic mass is 16.5. The van der Waals surface area contributed by atoms with E-state index in [-0.39, 0.29) is 47.3 Å². The lowest BCUT2D eigenvalue weighted by Crippen LogP contribution is -2.25. The lowest BCUT2D eigenvalue weighted by molar-refractivity contribution is -0.140. The number of esters is 2. The van der Waals surface area contributed by atoms with E-state index in [0.717, 1.165) is 12.1 Å². The molecular formula is C19H20O8. The Labute approximate surface area is 155 Å². The fraction of sp³-hybridized carbons (Fsp3) is 0.263. The molecule has 0 spiro atoms. The van der Waals surface area contributed by atoms with E-state index >= 15 is 0 Å². The molecule has 0 bridgehead atoms. The maximum absolute atomic E-state index is 12.1. The highest BCUT2D eigenvalue weighted by Crippen LogP contribution is 2.31. The highest BCUT2D eigenvalue weighted by Gasteiger charge is 2.28. The van der Waals surface area contributed by atoms with Gasteiger partial charge < -0.3 is 29.9 Å². The molecular weight excluding hydrogens is 356 g/mol. The van der Waals surface area contributed by atoms with Gasteiger partial charge in [-0.1, -0.05) is 13.8 Å². The van der Waals surface area contributed by atoms with Crippen molar-refractivity contribution in [1.82, 2.24) is 0 Å². The third-order valence-corrected chi connectivity index (χ3v) is 3.46. The molecule has 2 rings (SSSR count). The van der Waals surface area contributed by atoms with Crippen molar-refractivity contribution in [3.05, 3.63) is 36.4 Å². The van der Waals surface area contributed by atoms with Crippen LogP contribution in [0.1, 0.15) is 26.7 Å². The fourth-order valence-corrected chi connectivity index (χ4v) is 2.43. The maximum atomic E-state index is 12.1. The lowest BCUT2D eigenvalue weighted by atomic mass is 9.86. The predicted molar refractivity (Wildman–Crippen MR) is 93.8 cm³/mol. The zero-order valence-electron chi connectivity index (χ0n) is 14.8. The summed E-state index contributed by atoms with van der Waals surface area (Å²) in [6, 6.07) is 6.88. The van der Waals surface area contributed by atoms with Crippen LogP contribution >= 0.6 is 0 Å². The first kappa shape index (κ1) is 19.9. The molecule has 0 saturated carbocycles. The number of aromatic hydroxyl groups is 4. The van der Waals surface area contributed by atoms with Crippen LogP contribution in [0.25, 0.3) is 0 Å². The Balaban J connectivity index is 1.94. The van der Waals surface area contributed by atoms with E-state index < -0.39 is 17.4 Å². The minimum absolute atomic E-state index is 0.0221. The van der Waals surface area contributed by atoms with E-state index in [1.807, 2.05) is 0 Å². The van der Waals surface area contributed by atoms with Crippen molar-refractivity contribution in [1.29, 1.82) is 0 Å². The van der Waals surface area contributed by atoms with Gasteiger partial charge in [-0.25, -0.2) is 0 Å². The highest BCUT2D eigenvalue weighted by molar-refractivity contribution is 5.77. The molecule has 0 heterocycles. The van der Waals surface area contributed by atoms with Gasteiger partial charge in [0.25, 0.3) is 0 Å². The summed E-state index contributed by atoms with van der Waals surface area (Å²) in [6.07, 6.45) is -0.270. The number of phenols is 4. The number of hydrogen-bond acceptors (Lipinski definition) is 8. The normalized spacial score (nSPS) is 11.0. The molecule has 0 atom stereocenters. The minimum Gasteiger partial charge on any atom is -0.508 e. The Morgan fingerprint density at radius 3 is 1.30 bits per heavy atom. The van der Waals surface area contributed by atoms with Crippen molar-refractivity contribution in [2.24, 2.45) is 5.41 Å². The smallest absolute Gasteiger partial charge is 0.311 e. The Bertz CT molecular complexity index is 747. The summed E-state index contributed by atoms with van der Waals surface area (Å²) >= 11 is 0. The van der Waals surface area contributed by atoms with E-state index in [4.69, 9.17) is 9.47 Å². The Morgan fingerprint density at radius 1 is 0.704 bits per heavy atom. The van der Waals surface area contributed by atoms with Gasteiger partial charge in [0.05, 0.1) is 12.8 Å². The number of phenolic OH excluding ortho intramolecular Hbond substituents is 4. The van der Waals surface area contributed by atoms with Crippen LogP contribution in [0.5, 0.6) is 34.5 Å². The second kappa shape index (κ2) is 7.86. The monoisotopic (exact) mass is 376 g/mol. The van der Waals surface area contributed by atoms with Gasteiger partial charge in [0.1, 0.15) is 34.5 Å². The molecule has 0 saturated heterocycles. The number of carbonyl (C=O) groups is 2. The van der Waals surface area contributed by atoms with E-state index in [2.05, 4.69) is 0 Å². The average molecular weight is 376 g/mol. The van der Waals surface area contributed by atoms with Crippen LogP contribution in [-0.4, -0.2) is 32.4 Å². The van der Waals surface area contributed by atoms with E-state index in [0.29, 0.717) is 0 Å². The number of ether oxygens (including phenoxy) is 2. The number of carbonyl (C=O) groups excluding carboxylic acids is 2. The Hall–Kier alpha value is -3.42. The molecule has 2 aromatic carbocycles. The van der Waals surface area contributed by atoms with Gasteiger partial charge in [0, 0.05) is 36.4 Å². The third kappa shape index (κ3) is 6.43. The van der Waals surface area contributed by atoms with Crippen LogP contribution in [0.15, 0.2) is 36.4 Å². The zero-order chi connectivity index (χ0) is 20.2. The zero-order valence-corrected chi connectivity index (χ0v) is 14.8. The van der Waals surface area contributed by atoms with Crippen molar-refractivity contribution >= 4 is 11.9 Å². The molecule has 0 aliphatic heterocycles. The van der Waals surface area contributed by atoms with Gasteiger partial charge in [0.15, 0.2) is 0 Å². The summed E-state index contributed by atoms with van der Waals surface area (Å²) in [5.74, 6) is -2.38. The van der Waals surface area contributed by atoms with Crippen LogP contribution in [0.3, 0.4) is 0 Å². The van der Waals surface area contributed by atoms with E-state index in [9.17, 15) is 30.0 Å². The first-order chi connectivity index (χ1) is 12.5. The summed E-state index contributed by atoms with van der Waals surface area (Å²) in [5, 5.41) is 37.6. The SMILES string of the molecule is CC(C)(CC(=O)Oc1cc(O)cc(O)c1)CC(=O)Oc1cc(O)cc(O)c1. The first-order valence-corrected chi connectivity index (χ1v) is 8.00. The summed E-state index contributed by atoms with van der Waals surface area (Å²) in [7, 11) is 0. The summed E-state index contributed by atoms with van der Waals surface area (Å²) < 4.78 is 10.1. The molecule has 0 unspecified atom stereocenters. The molecule has 8 nitrogen and oxygen atoms in total. The van der Waals surface area contributed by atoms with Crippen LogP contribution in [0.4, 0.5) is 0 Å². The van der Waals surface area contributed by atoms with Gasteiger partial charge in [-0.3, -0.25) is 9.59 Å². The average Bonchev–Trinajstić information content (AvgIpc) is 2.42. The lowest BCUT2D eigenvalue weighted by Gasteiger charge is -2.22.